The van der Waals surface area contributed by atoms with Crippen molar-refractivity contribution in [1.29, 1.82) is 0 Å². The summed E-state index contributed by atoms with van der Waals surface area (Å²) in [5.74, 6) is 1.11. The average molecular weight is 399 g/mol. The van der Waals surface area contributed by atoms with Crippen LogP contribution < -0.4 is 10.6 Å². The lowest BCUT2D eigenvalue weighted by Crippen LogP contribution is -2.50. The van der Waals surface area contributed by atoms with E-state index in [-0.39, 0.29) is 30.4 Å². The monoisotopic (exact) mass is 398 g/mol. The first-order valence-corrected chi connectivity index (χ1v) is 10.8. The molecule has 0 bridgehead atoms. The predicted octanol–water partition coefficient (Wildman–Crippen LogP) is 3.41. The van der Waals surface area contributed by atoms with E-state index in [0.717, 1.165) is 55.6 Å². The van der Waals surface area contributed by atoms with Crippen LogP contribution >= 0.6 is 0 Å². The molecule has 1 aromatic carbocycles. The van der Waals surface area contributed by atoms with Crippen molar-refractivity contribution in [3.05, 3.63) is 30.2 Å². The zero-order valence-electron chi connectivity index (χ0n) is 17.0. The summed E-state index contributed by atoms with van der Waals surface area (Å²) < 4.78 is 5.92. The SMILES string of the molecule is CC1CCCCC1NC(=O)NC(=O)CN1CCCC(c2nc3ccccc3o2)C1. The molecule has 1 saturated carbocycles. The second-order valence-electron chi connectivity index (χ2n) is 8.48. The number of hydrogen-bond donors (Lipinski definition) is 2. The van der Waals surface area contributed by atoms with Gasteiger partial charge in [-0.3, -0.25) is 15.0 Å². The molecule has 2 heterocycles. The molecule has 1 aliphatic carbocycles. The molecule has 156 valence electrons. The highest BCUT2D eigenvalue weighted by Gasteiger charge is 2.27. The van der Waals surface area contributed by atoms with Crippen molar-refractivity contribution in [3.63, 3.8) is 0 Å². The number of urea groups is 1. The van der Waals surface area contributed by atoms with Crippen LogP contribution in [0.5, 0.6) is 0 Å². The third-order valence-electron chi connectivity index (χ3n) is 6.21. The van der Waals surface area contributed by atoms with Gasteiger partial charge in [0.2, 0.25) is 5.91 Å². The summed E-state index contributed by atoms with van der Waals surface area (Å²) in [4.78, 5) is 31.3. The Morgan fingerprint density at radius 3 is 2.83 bits per heavy atom. The summed E-state index contributed by atoms with van der Waals surface area (Å²) in [5, 5.41) is 5.47. The van der Waals surface area contributed by atoms with Crippen LogP contribution in [-0.4, -0.2) is 47.5 Å². The number of likely N-dealkylation sites (tertiary alicyclic amines) is 1. The van der Waals surface area contributed by atoms with E-state index in [1.54, 1.807) is 0 Å². The lowest BCUT2D eigenvalue weighted by Gasteiger charge is -2.31. The molecule has 0 spiro atoms. The molecule has 2 aliphatic rings. The van der Waals surface area contributed by atoms with Crippen molar-refractivity contribution in [1.82, 2.24) is 20.5 Å². The Kier molecular flexibility index (Phi) is 6.13. The largest absolute Gasteiger partial charge is 0.440 e. The Balaban J connectivity index is 1.28. The number of rotatable bonds is 4. The quantitative estimate of drug-likeness (QED) is 0.824. The summed E-state index contributed by atoms with van der Waals surface area (Å²) in [7, 11) is 0. The Labute approximate surface area is 171 Å². The standard InChI is InChI=1S/C22H30N4O3/c1-15-7-2-3-9-17(15)24-22(28)25-20(27)14-26-12-6-8-16(13-26)21-23-18-10-4-5-11-19(18)29-21/h4-5,10-11,15-17H,2-3,6-9,12-14H2,1H3,(H2,24,25,27,28). The Bertz CT molecular complexity index is 832. The van der Waals surface area contributed by atoms with E-state index < -0.39 is 0 Å². The van der Waals surface area contributed by atoms with Gasteiger partial charge in [-0.1, -0.05) is 31.9 Å². The van der Waals surface area contributed by atoms with Gasteiger partial charge < -0.3 is 9.73 Å². The Morgan fingerprint density at radius 1 is 1.17 bits per heavy atom. The lowest BCUT2D eigenvalue weighted by molar-refractivity contribution is -0.121. The molecule has 2 fully saturated rings. The van der Waals surface area contributed by atoms with Crippen LogP contribution in [0.25, 0.3) is 11.1 Å². The molecule has 1 aliphatic heterocycles. The molecule has 3 amide bonds. The number of aromatic nitrogens is 1. The maximum atomic E-state index is 12.4. The van der Waals surface area contributed by atoms with E-state index in [2.05, 4.69) is 27.4 Å². The maximum Gasteiger partial charge on any atom is 0.321 e. The van der Waals surface area contributed by atoms with Crippen molar-refractivity contribution in [2.75, 3.05) is 19.6 Å². The van der Waals surface area contributed by atoms with Gasteiger partial charge >= 0.3 is 6.03 Å². The number of nitrogens with one attached hydrogen (secondary N) is 2. The highest BCUT2D eigenvalue weighted by Crippen LogP contribution is 2.28. The first-order chi connectivity index (χ1) is 14.1. The molecule has 29 heavy (non-hydrogen) atoms. The fraction of sp³-hybridized carbons (Fsp3) is 0.591. The fourth-order valence-corrected chi connectivity index (χ4v) is 4.57. The van der Waals surface area contributed by atoms with Gasteiger partial charge in [-0.2, -0.15) is 0 Å². The number of nitrogens with zero attached hydrogens (tertiary/aromatic N) is 2. The molecule has 4 rings (SSSR count). The van der Waals surface area contributed by atoms with Crippen molar-refractivity contribution in [3.8, 4) is 0 Å². The molecule has 3 unspecified atom stereocenters. The van der Waals surface area contributed by atoms with Gasteiger partial charge in [-0.15, -0.1) is 0 Å². The van der Waals surface area contributed by atoms with Crippen LogP contribution in [0.1, 0.15) is 57.3 Å². The molecule has 1 saturated heterocycles. The summed E-state index contributed by atoms with van der Waals surface area (Å²) in [6.45, 7) is 3.92. The molecule has 7 nitrogen and oxygen atoms in total. The van der Waals surface area contributed by atoms with Crippen LogP contribution in [-0.2, 0) is 4.79 Å². The zero-order valence-corrected chi connectivity index (χ0v) is 17.0. The smallest absolute Gasteiger partial charge is 0.321 e. The van der Waals surface area contributed by atoms with Gasteiger partial charge in [0, 0.05) is 18.5 Å². The van der Waals surface area contributed by atoms with Crippen LogP contribution in [0, 0.1) is 5.92 Å². The number of piperidine rings is 1. The Morgan fingerprint density at radius 2 is 2.00 bits per heavy atom. The fourth-order valence-electron chi connectivity index (χ4n) is 4.57. The number of amides is 3. The molecule has 1 aromatic heterocycles. The van der Waals surface area contributed by atoms with E-state index in [4.69, 9.17) is 4.42 Å². The number of carbonyl (C=O) groups is 2. The third-order valence-corrected chi connectivity index (χ3v) is 6.21. The third kappa shape index (κ3) is 4.96. The zero-order chi connectivity index (χ0) is 20.2. The van der Waals surface area contributed by atoms with Gasteiger partial charge in [0.25, 0.3) is 0 Å². The number of carbonyl (C=O) groups excluding carboxylic acids is 2. The molecule has 3 atom stereocenters. The van der Waals surface area contributed by atoms with Crippen molar-refractivity contribution >= 4 is 23.0 Å². The second kappa shape index (κ2) is 8.95. The number of benzene rings is 1. The number of hydrogen-bond acceptors (Lipinski definition) is 5. The molecule has 0 radical (unpaired) electrons. The molecular formula is C22H30N4O3. The van der Waals surface area contributed by atoms with Crippen molar-refractivity contribution < 1.29 is 14.0 Å². The molecular weight excluding hydrogens is 368 g/mol. The number of para-hydroxylation sites is 2. The van der Waals surface area contributed by atoms with Gasteiger partial charge in [0.15, 0.2) is 11.5 Å². The van der Waals surface area contributed by atoms with Crippen molar-refractivity contribution in [2.24, 2.45) is 5.92 Å². The predicted molar refractivity (Wildman–Crippen MR) is 111 cm³/mol. The van der Waals surface area contributed by atoms with Crippen LogP contribution in [0.2, 0.25) is 0 Å². The summed E-state index contributed by atoms with van der Waals surface area (Å²) in [6, 6.07) is 7.55. The average Bonchev–Trinajstić information content (AvgIpc) is 3.14. The topological polar surface area (TPSA) is 87.5 Å². The van der Waals surface area contributed by atoms with Crippen LogP contribution in [0.15, 0.2) is 28.7 Å². The Hall–Kier alpha value is -2.41. The van der Waals surface area contributed by atoms with E-state index in [1.807, 2.05) is 24.3 Å². The van der Waals surface area contributed by atoms with E-state index >= 15 is 0 Å². The number of oxazole rings is 1. The van der Waals surface area contributed by atoms with Crippen molar-refractivity contribution in [2.45, 2.75) is 57.4 Å². The second-order valence-corrected chi connectivity index (χ2v) is 8.48. The van der Waals surface area contributed by atoms with Crippen LogP contribution in [0.4, 0.5) is 4.79 Å². The minimum absolute atomic E-state index is 0.162. The lowest BCUT2D eigenvalue weighted by atomic mass is 9.86. The number of fused-ring (bicyclic) bond motifs is 1. The highest BCUT2D eigenvalue weighted by molar-refractivity contribution is 5.95. The van der Waals surface area contributed by atoms with E-state index in [9.17, 15) is 9.59 Å². The van der Waals surface area contributed by atoms with Gasteiger partial charge in [-0.25, -0.2) is 9.78 Å². The van der Waals surface area contributed by atoms with E-state index in [0.29, 0.717) is 12.5 Å². The van der Waals surface area contributed by atoms with Gasteiger partial charge in [-0.05, 0) is 50.3 Å². The van der Waals surface area contributed by atoms with Crippen LogP contribution in [0.3, 0.4) is 0 Å². The summed E-state index contributed by atoms with van der Waals surface area (Å²) in [5.41, 5.74) is 1.66. The maximum absolute atomic E-state index is 12.4. The molecule has 7 heteroatoms. The van der Waals surface area contributed by atoms with E-state index in [1.165, 1.54) is 6.42 Å². The minimum Gasteiger partial charge on any atom is -0.440 e. The molecule has 2 aromatic rings. The molecule has 2 N–H and O–H groups in total. The first-order valence-electron chi connectivity index (χ1n) is 10.8. The number of imide groups is 1. The summed E-state index contributed by atoms with van der Waals surface area (Å²) in [6.07, 6.45) is 6.43. The first kappa shape index (κ1) is 19.9. The normalized spacial score (nSPS) is 25.6. The van der Waals surface area contributed by atoms with Gasteiger partial charge in [0.05, 0.1) is 6.54 Å². The minimum atomic E-state index is -0.374. The summed E-state index contributed by atoms with van der Waals surface area (Å²) >= 11 is 0. The highest BCUT2D eigenvalue weighted by atomic mass is 16.3. The van der Waals surface area contributed by atoms with Gasteiger partial charge in [0.1, 0.15) is 5.52 Å².